The Balaban J connectivity index is 1.60. The number of nitrogens with one attached hydrogen (secondary N) is 2. The average molecular weight is 351 g/mol. The molecule has 0 aliphatic carbocycles. The lowest BCUT2D eigenvalue weighted by Crippen LogP contribution is -2.28. The summed E-state index contributed by atoms with van der Waals surface area (Å²) in [5, 5.41) is 6.91. The number of hydrogen-bond donors (Lipinski definition) is 2. The quantitative estimate of drug-likeness (QED) is 0.707. The van der Waals surface area contributed by atoms with Crippen LogP contribution < -0.4 is 10.6 Å². The highest BCUT2D eigenvalue weighted by atomic mass is 35.5. The maximum Gasteiger partial charge on any atom is 0.252 e. The van der Waals surface area contributed by atoms with Gasteiger partial charge in [0.2, 0.25) is 0 Å². The van der Waals surface area contributed by atoms with Crippen molar-refractivity contribution in [1.29, 1.82) is 0 Å². The fourth-order valence-corrected chi connectivity index (χ4v) is 2.58. The van der Waals surface area contributed by atoms with Crippen LogP contribution in [-0.4, -0.2) is 25.5 Å². The molecule has 5 heteroatoms. The Kier molecular flexibility index (Phi) is 7.40. The number of rotatable bonds is 8. The molecular weight excluding hydrogens is 331 g/mol. The van der Waals surface area contributed by atoms with E-state index >= 15 is 0 Å². The summed E-state index contributed by atoms with van der Waals surface area (Å²) < 4.78 is 0. The molecule has 0 saturated carbocycles. The lowest BCUT2D eigenvalue weighted by atomic mass is 10.1. The van der Waals surface area contributed by atoms with E-state index in [1.807, 2.05) is 18.2 Å². The van der Waals surface area contributed by atoms with Crippen molar-refractivity contribution < 1.29 is 4.79 Å². The van der Waals surface area contributed by atoms with Crippen LogP contribution in [0.15, 0.2) is 48.5 Å². The molecule has 0 saturated heterocycles. The minimum atomic E-state index is -0.193. The number of carbonyl (C=O) groups is 1. The molecule has 0 heterocycles. The Morgan fingerprint density at radius 1 is 0.913 bits per heavy atom. The van der Waals surface area contributed by atoms with Gasteiger partial charge in [-0.2, -0.15) is 0 Å². The minimum absolute atomic E-state index is 0.193. The summed E-state index contributed by atoms with van der Waals surface area (Å²) in [6.07, 6.45) is 1.87. The Bertz CT molecular complexity index is 632. The van der Waals surface area contributed by atoms with E-state index in [1.165, 1.54) is 5.56 Å². The van der Waals surface area contributed by atoms with Crippen molar-refractivity contribution >= 4 is 29.1 Å². The van der Waals surface area contributed by atoms with Gasteiger partial charge < -0.3 is 10.6 Å². The molecule has 122 valence electrons. The van der Waals surface area contributed by atoms with Crippen LogP contribution >= 0.6 is 23.2 Å². The highest BCUT2D eigenvalue weighted by Gasteiger charge is 2.11. The molecule has 2 aromatic rings. The summed E-state index contributed by atoms with van der Waals surface area (Å²) >= 11 is 11.9. The molecular formula is C18H20Cl2N2O. The van der Waals surface area contributed by atoms with Crippen LogP contribution in [0.4, 0.5) is 0 Å². The topological polar surface area (TPSA) is 41.1 Å². The smallest absolute Gasteiger partial charge is 0.252 e. The van der Waals surface area contributed by atoms with E-state index in [0.717, 1.165) is 25.9 Å². The van der Waals surface area contributed by atoms with E-state index < -0.39 is 0 Å². The summed E-state index contributed by atoms with van der Waals surface area (Å²) in [6, 6.07) is 15.4. The van der Waals surface area contributed by atoms with Gasteiger partial charge in [-0.05, 0) is 43.6 Å². The van der Waals surface area contributed by atoms with Crippen LogP contribution in [0.3, 0.4) is 0 Å². The molecule has 2 rings (SSSR count). The standard InChI is InChI=1S/C18H20Cl2N2O/c19-16-9-4-8-15(17(16)20)18(23)22-12-5-11-21-13-10-14-6-2-1-3-7-14/h1-4,6-9,21H,5,10-13H2,(H,22,23). The molecule has 2 aromatic carbocycles. The monoisotopic (exact) mass is 350 g/mol. The SMILES string of the molecule is O=C(NCCCNCCc1ccccc1)c1cccc(Cl)c1Cl. The van der Waals surface area contributed by atoms with Gasteiger partial charge in [-0.25, -0.2) is 0 Å². The zero-order valence-electron chi connectivity index (χ0n) is 12.8. The Labute approximate surface area is 147 Å². The summed E-state index contributed by atoms with van der Waals surface area (Å²) in [4.78, 5) is 12.0. The lowest BCUT2D eigenvalue weighted by molar-refractivity contribution is 0.0953. The van der Waals surface area contributed by atoms with Crippen LogP contribution in [0.2, 0.25) is 10.0 Å². The molecule has 0 unspecified atom stereocenters. The number of amides is 1. The van der Waals surface area contributed by atoms with Gasteiger partial charge in [0.15, 0.2) is 0 Å². The molecule has 0 bridgehead atoms. The van der Waals surface area contributed by atoms with Gasteiger partial charge in [0.25, 0.3) is 5.91 Å². The number of halogens is 2. The third-order valence-corrected chi connectivity index (χ3v) is 4.26. The van der Waals surface area contributed by atoms with Crippen LogP contribution in [0.25, 0.3) is 0 Å². The van der Waals surface area contributed by atoms with Crippen LogP contribution in [-0.2, 0) is 6.42 Å². The molecule has 3 nitrogen and oxygen atoms in total. The Morgan fingerprint density at radius 2 is 1.70 bits per heavy atom. The van der Waals surface area contributed by atoms with Crippen molar-refractivity contribution in [3.63, 3.8) is 0 Å². The van der Waals surface area contributed by atoms with E-state index in [0.29, 0.717) is 22.2 Å². The van der Waals surface area contributed by atoms with Gasteiger partial charge in [0, 0.05) is 6.54 Å². The molecule has 0 spiro atoms. The van der Waals surface area contributed by atoms with Crippen LogP contribution in [0, 0.1) is 0 Å². The predicted octanol–water partition coefficient (Wildman–Crippen LogP) is 3.95. The highest BCUT2D eigenvalue weighted by Crippen LogP contribution is 2.25. The maximum atomic E-state index is 12.0. The van der Waals surface area contributed by atoms with Crippen molar-refractivity contribution in [2.24, 2.45) is 0 Å². The van der Waals surface area contributed by atoms with Gasteiger partial charge >= 0.3 is 0 Å². The van der Waals surface area contributed by atoms with Crippen molar-refractivity contribution in [2.75, 3.05) is 19.6 Å². The van der Waals surface area contributed by atoms with Crippen molar-refractivity contribution in [1.82, 2.24) is 10.6 Å². The van der Waals surface area contributed by atoms with E-state index in [1.54, 1.807) is 18.2 Å². The summed E-state index contributed by atoms with van der Waals surface area (Å²) in [6.45, 7) is 2.38. The Hall–Kier alpha value is -1.55. The van der Waals surface area contributed by atoms with Gasteiger partial charge in [-0.1, -0.05) is 59.6 Å². The second kappa shape index (κ2) is 9.56. The number of benzene rings is 2. The first kappa shape index (κ1) is 17.8. The second-order valence-electron chi connectivity index (χ2n) is 5.20. The second-order valence-corrected chi connectivity index (χ2v) is 5.98. The zero-order chi connectivity index (χ0) is 16.5. The molecule has 0 aliphatic rings. The highest BCUT2D eigenvalue weighted by molar-refractivity contribution is 6.43. The van der Waals surface area contributed by atoms with Crippen molar-refractivity contribution in [3.8, 4) is 0 Å². The molecule has 0 radical (unpaired) electrons. The summed E-state index contributed by atoms with van der Waals surface area (Å²) in [7, 11) is 0. The van der Waals surface area contributed by atoms with E-state index in [-0.39, 0.29) is 5.91 Å². The number of hydrogen-bond acceptors (Lipinski definition) is 2. The lowest BCUT2D eigenvalue weighted by Gasteiger charge is -2.08. The van der Waals surface area contributed by atoms with Crippen molar-refractivity contribution in [3.05, 3.63) is 69.7 Å². The molecule has 0 aromatic heterocycles. The number of carbonyl (C=O) groups excluding carboxylic acids is 1. The minimum Gasteiger partial charge on any atom is -0.352 e. The maximum absolute atomic E-state index is 12.0. The van der Waals surface area contributed by atoms with Crippen molar-refractivity contribution in [2.45, 2.75) is 12.8 Å². The summed E-state index contributed by atoms with van der Waals surface area (Å²) in [5.74, 6) is -0.193. The van der Waals surface area contributed by atoms with Crippen LogP contribution in [0.1, 0.15) is 22.3 Å². The van der Waals surface area contributed by atoms with Gasteiger partial charge in [0.1, 0.15) is 0 Å². The first-order valence-electron chi connectivity index (χ1n) is 7.65. The zero-order valence-corrected chi connectivity index (χ0v) is 14.3. The van der Waals surface area contributed by atoms with Gasteiger partial charge in [-0.15, -0.1) is 0 Å². The fraction of sp³-hybridized carbons (Fsp3) is 0.278. The molecule has 2 N–H and O–H groups in total. The first-order valence-corrected chi connectivity index (χ1v) is 8.41. The Morgan fingerprint density at radius 3 is 2.48 bits per heavy atom. The van der Waals surface area contributed by atoms with E-state index in [4.69, 9.17) is 23.2 Å². The fourth-order valence-electron chi connectivity index (χ4n) is 2.19. The largest absolute Gasteiger partial charge is 0.352 e. The summed E-state index contributed by atoms with van der Waals surface area (Å²) in [5.41, 5.74) is 1.74. The third-order valence-electron chi connectivity index (χ3n) is 3.45. The van der Waals surface area contributed by atoms with E-state index in [2.05, 4.69) is 22.8 Å². The molecule has 1 amide bonds. The predicted molar refractivity (Wildman–Crippen MR) is 96.4 cm³/mol. The van der Waals surface area contributed by atoms with Gasteiger partial charge in [0.05, 0.1) is 15.6 Å². The molecule has 23 heavy (non-hydrogen) atoms. The third kappa shape index (κ3) is 5.87. The normalized spacial score (nSPS) is 10.5. The molecule has 0 atom stereocenters. The van der Waals surface area contributed by atoms with Crippen LogP contribution in [0.5, 0.6) is 0 Å². The van der Waals surface area contributed by atoms with Gasteiger partial charge in [-0.3, -0.25) is 4.79 Å². The van der Waals surface area contributed by atoms with E-state index in [9.17, 15) is 4.79 Å². The molecule has 0 fully saturated rings. The molecule has 0 aliphatic heterocycles. The average Bonchev–Trinajstić information content (AvgIpc) is 2.57. The first-order chi connectivity index (χ1) is 11.2.